The number of hydrogen-bond acceptors (Lipinski definition) is 1. The second-order valence-corrected chi connectivity index (χ2v) is 4.64. The number of rotatable bonds is 3. The minimum Gasteiger partial charge on any atom is -0.349 e. The second kappa shape index (κ2) is 5.15. The van der Waals surface area contributed by atoms with E-state index in [-0.39, 0.29) is 5.91 Å². The molecule has 0 N–H and O–H groups in total. The number of nitrogens with zero attached hydrogens (tertiary/aromatic N) is 1. The highest BCUT2D eigenvalue weighted by Gasteiger charge is 2.06. The average Bonchev–Trinajstić information content (AvgIpc) is 2.22. The molecule has 16 heavy (non-hydrogen) atoms. The Balaban J connectivity index is 2.72. The van der Waals surface area contributed by atoms with Gasteiger partial charge in [0.15, 0.2) is 0 Å². The van der Waals surface area contributed by atoms with E-state index in [1.54, 1.807) is 19.0 Å². The van der Waals surface area contributed by atoms with E-state index < -0.39 is 0 Å². The molecule has 0 unspecified atom stereocenters. The summed E-state index contributed by atoms with van der Waals surface area (Å²) >= 11 is 0. The zero-order valence-corrected chi connectivity index (χ0v) is 10.9. The second-order valence-electron chi connectivity index (χ2n) is 4.64. The molecular formula is C14H21NO. The maximum absolute atomic E-state index is 11.5. The highest BCUT2D eigenvalue weighted by atomic mass is 16.2. The third-order valence-corrected chi connectivity index (χ3v) is 3.11. The fourth-order valence-electron chi connectivity index (χ4n) is 1.74. The van der Waals surface area contributed by atoms with Crippen molar-refractivity contribution in [3.63, 3.8) is 0 Å². The van der Waals surface area contributed by atoms with Gasteiger partial charge in [-0.05, 0) is 49.4 Å². The fourth-order valence-corrected chi connectivity index (χ4v) is 1.74. The fraction of sp³-hybridized carbons (Fsp3) is 0.500. The first-order valence-electron chi connectivity index (χ1n) is 5.68. The summed E-state index contributed by atoms with van der Waals surface area (Å²) in [4.78, 5) is 13.1. The molecule has 0 aliphatic rings. The van der Waals surface area contributed by atoms with Gasteiger partial charge in [0.25, 0.3) is 0 Å². The van der Waals surface area contributed by atoms with Gasteiger partial charge in [-0.25, -0.2) is 0 Å². The predicted molar refractivity (Wildman–Crippen MR) is 67.7 cm³/mol. The zero-order valence-electron chi connectivity index (χ0n) is 10.9. The van der Waals surface area contributed by atoms with Gasteiger partial charge in [-0.15, -0.1) is 0 Å². The molecule has 1 rings (SSSR count). The Morgan fingerprint density at radius 1 is 1.12 bits per heavy atom. The molecule has 0 aromatic heterocycles. The van der Waals surface area contributed by atoms with E-state index in [0.29, 0.717) is 6.42 Å². The van der Waals surface area contributed by atoms with Gasteiger partial charge in [-0.1, -0.05) is 12.1 Å². The van der Waals surface area contributed by atoms with Crippen LogP contribution in [0, 0.1) is 20.8 Å². The number of benzene rings is 1. The minimum absolute atomic E-state index is 0.191. The van der Waals surface area contributed by atoms with Crippen LogP contribution in [0.3, 0.4) is 0 Å². The Labute approximate surface area is 98.3 Å². The third kappa shape index (κ3) is 3.09. The lowest BCUT2D eigenvalue weighted by Gasteiger charge is -2.12. The summed E-state index contributed by atoms with van der Waals surface area (Å²) in [6.07, 6.45) is 1.42. The maximum atomic E-state index is 11.5. The number of aryl methyl sites for hydroxylation is 3. The summed E-state index contributed by atoms with van der Waals surface area (Å²) in [5.74, 6) is 0.191. The minimum atomic E-state index is 0.191. The van der Waals surface area contributed by atoms with Gasteiger partial charge in [0.05, 0.1) is 0 Å². The molecule has 2 nitrogen and oxygen atoms in total. The van der Waals surface area contributed by atoms with E-state index in [4.69, 9.17) is 0 Å². The molecular weight excluding hydrogens is 198 g/mol. The van der Waals surface area contributed by atoms with Crippen molar-refractivity contribution in [1.82, 2.24) is 4.90 Å². The molecule has 0 aliphatic carbocycles. The van der Waals surface area contributed by atoms with Gasteiger partial charge in [-0.3, -0.25) is 4.79 Å². The van der Waals surface area contributed by atoms with Crippen LogP contribution in [0.2, 0.25) is 0 Å². The van der Waals surface area contributed by atoms with Crippen LogP contribution < -0.4 is 0 Å². The van der Waals surface area contributed by atoms with Crippen LogP contribution >= 0.6 is 0 Å². The van der Waals surface area contributed by atoms with Crippen molar-refractivity contribution in [3.05, 3.63) is 34.4 Å². The lowest BCUT2D eigenvalue weighted by Crippen LogP contribution is -2.21. The number of carbonyl (C=O) groups excluding carboxylic acids is 1. The lowest BCUT2D eigenvalue weighted by atomic mass is 9.98. The molecule has 0 spiro atoms. The molecule has 0 heterocycles. The smallest absolute Gasteiger partial charge is 0.222 e. The molecule has 0 saturated carbocycles. The number of carbonyl (C=O) groups is 1. The molecule has 0 atom stereocenters. The van der Waals surface area contributed by atoms with Gasteiger partial charge in [0.2, 0.25) is 5.91 Å². The molecule has 1 aromatic carbocycles. The zero-order chi connectivity index (χ0) is 12.3. The monoisotopic (exact) mass is 219 g/mol. The standard InChI is InChI=1S/C14H21NO/c1-10-8-13(9-11(2)12(10)3)6-7-14(16)15(4)5/h8-9H,6-7H2,1-5H3. The molecule has 2 heteroatoms. The van der Waals surface area contributed by atoms with E-state index in [9.17, 15) is 4.79 Å². The van der Waals surface area contributed by atoms with Crippen molar-refractivity contribution >= 4 is 5.91 Å². The first-order chi connectivity index (χ1) is 7.41. The summed E-state index contributed by atoms with van der Waals surface area (Å²) < 4.78 is 0. The van der Waals surface area contributed by atoms with E-state index in [1.807, 2.05) is 0 Å². The van der Waals surface area contributed by atoms with E-state index in [1.165, 1.54) is 22.3 Å². The average molecular weight is 219 g/mol. The number of amides is 1. The molecule has 1 aromatic rings. The molecule has 0 fully saturated rings. The van der Waals surface area contributed by atoms with Crippen LogP contribution in [0.4, 0.5) is 0 Å². The Morgan fingerprint density at radius 2 is 1.62 bits per heavy atom. The normalized spacial score (nSPS) is 10.3. The molecule has 0 radical (unpaired) electrons. The molecule has 0 saturated heterocycles. The number of hydrogen-bond donors (Lipinski definition) is 0. The first kappa shape index (κ1) is 12.8. The van der Waals surface area contributed by atoms with Gasteiger partial charge in [0.1, 0.15) is 0 Å². The summed E-state index contributed by atoms with van der Waals surface area (Å²) in [7, 11) is 3.60. The van der Waals surface area contributed by atoms with Crippen LogP contribution in [0.1, 0.15) is 28.7 Å². The maximum Gasteiger partial charge on any atom is 0.222 e. The molecule has 88 valence electrons. The van der Waals surface area contributed by atoms with Crippen molar-refractivity contribution in [2.24, 2.45) is 0 Å². The van der Waals surface area contributed by atoms with E-state index in [0.717, 1.165) is 6.42 Å². The van der Waals surface area contributed by atoms with E-state index >= 15 is 0 Å². The highest BCUT2D eigenvalue weighted by molar-refractivity contribution is 5.75. The first-order valence-corrected chi connectivity index (χ1v) is 5.68. The van der Waals surface area contributed by atoms with Crippen LogP contribution in [0.15, 0.2) is 12.1 Å². The lowest BCUT2D eigenvalue weighted by molar-refractivity contribution is -0.128. The predicted octanol–water partition coefficient (Wildman–Crippen LogP) is 2.63. The Morgan fingerprint density at radius 3 is 2.06 bits per heavy atom. The molecule has 1 amide bonds. The van der Waals surface area contributed by atoms with Crippen molar-refractivity contribution in [2.75, 3.05) is 14.1 Å². The van der Waals surface area contributed by atoms with Gasteiger partial charge < -0.3 is 4.90 Å². The topological polar surface area (TPSA) is 20.3 Å². The van der Waals surface area contributed by atoms with E-state index in [2.05, 4.69) is 32.9 Å². The van der Waals surface area contributed by atoms with Crippen LogP contribution in [0.25, 0.3) is 0 Å². The largest absolute Gasteiger partial charge is 0.349 e. The molecule has 0 bridgehead atoms. The van der Waals surface area contributed by atoms with Crippen molar-refractivity contribution in [1.29, 1.82) is 0 Å². The highest BCUT2D eigenvalue weighted by Crippen LogP contribution is 2.16. The van der Waals surface area contributed by atoms with Crippen molar-refractivity contribution in [2.45, 2.75) is 33.6 Å². The van der Waals surface area contributed by atoms with Gasteiger partial charge in [-0.2, -0.15) is 0 Å². The quantitative estimate of drug-likeness (QED) is 0.765. The third-order valence-electron chi connectivity index (χ3n) is 3.11. The summed E-state index contributed by atoms with van der Waals surface area (Å²) in [6.45, 7) is 6.39. The van der Waals surface area contributed by atoms with Crippen LogP contribution in [0.5, 0.6) is 0 Å². The SMILES string of the molecule is Cc1cc(CCC(=O)N(C)C)cc(C)c1C. The summed E-state index contributed by atoms with van der Waals surface area (Å²) in [5.41, 5.74) is 5.23. The van der Waals surface area contributed by atoms with Gasteiger partial charge in [0, 0.05) is 20.5 Å². The molecule has 0 aliphatic heterocycles. The Kier molecular flexibility index (Phi) is 4.11. The van der Waals surface area contributed by atoms with Crippen LogP contribution in [-0.2, 0) is 11.2 Å². The van der Waals surface area contributed by atoms with Crippen molar-refractivity contribution in [3.8, 4) is 0 Å². The Bertz CT molecular complexity index is 371. The Hall–Kier alpha value is -1.31. The van der Waals surface area contributed by atoms with Gasteiger partial charge >= 0.3 is 0 Å². The summed E-state index contributed by atoms with van der Waals surface area (Å²) in [6, 6.07) is 4.37. The van der Waals surface area contributed by atoms with Crippen LogP contribution in [-0.4, -0.2) is 24.9 Å². The van der Waals surface area contributed by atoms with Crippen molar-refractivity contribution < 1.29 is 4.79 Å². The summed E-state index contributed by atoms with van der Waals surface area (Å²) in [5, 5.41) is 0.